The maximum atomic E-state index is 10.6. The Labute approximate surface area is 99.6 Å². The van der Waals surface area contributed by atoms with Crippen molar-refractivity contribution in [3.8, 4) is 0 Å². The highest BCUT2D eigenvalue weighted by atomic mass is 32.2. The Bertz CT molecular complexity index is 413. The lowest BCUT2D eigenvalue weighted by Gasteiger charge is -2.09. The molecule has 0 aromatic heterocycles. The van der Waals surface area contributed by atoms with Crippen molar-refractivity contribution in [3.05, 3.63) is 35.9 Å². The van der Waals surface area contributed by atoms with E-state index in [4.69, 9.17) is 20.5 Å². The summed E-state index contributed by atoms with van der Waals surface area (Å²) in [5, 5.41) is 30.1. The first kappa shape index (κ1) is 16.0. The molecule has 7 nitrogen and oxygen atoms in total. The fraction of sp³-hybridized carbons (Fsp3) is 0.333. The minimum Gasteiger partial charge on any atom is -0.330 e. The SMILES string of the molecule is CNC(O)(O)O.NS(=O)(=O)Cc1ccccc1. The summed E-state index contributed by atoms with van der Waals surface area (Å²) in [7, 11) is -2.17. The minimum atomic E-state index is -3.38. The Balaban J connectivity index is 0.000000366. The number of nitrogens with one attached hydrogen (secondary N) is 1. The van der Waals surface area contributed by atoms with E-state index in [-0.39, 0.29) is 5.75 Å². The molecule has 0 amide bonds. The summed E-state index contributed by atoms with van der Waals surface area (Å²) in [4.78, 5) is 0. The molecule has 0 aliphatic heterocycles. The summed E-state index contributed by atoms with van der Waals surface area (Å²) < 4.78 is 21.2. The standard InChI is InChI=1S/C7H9NO2S.C2H7NO3/c8-11(9,10)6-7-4-2-1-3-5-7;1-3-2(4,5)6/h1-5H,6H2,(H2,8,9,10);3-6H,1H3. The van der Waals surface area contributed by atoms with Crippen molar-refractivity contribution in [3.63, 3.8) is 0 Å². The van der Waals surface area contributed by atoms with E-state index in [1.165, 1.54) is 7.05 Å². The normalized spacial score (nSPS) is 11.6. The summed E-state index contributed by atoms with van der Waals surface area (Å²) in [5.74, 6) is -0.0894. The summed E-state index contributed by atoms with van der Waals surface area (Å²) in [6.45, 7) is 0. The third-order valence-corrected chi connectivity index (χ3v) is 2.28. The number of nitrogens with two attached hydrogens (primary N) is 1. The van der Waals surface area contributed by atoms with E-state index >= 15 is 0 Å². The predicted molar refractivity (Wildman–Crippen MR) is 61.7 cm³/mol. The maximum absolute atomic E-state index is 10.6. The molecule has 1 rings (SSSR count). The van der Waals surface area contributed by atoms with Gasteiger partial charge in [-0.3, -0.25) is 0 Å². The zero-order valence-electron chi connectivity index (χ0n) is 9.24. The van der Waals surface area contributed by atoms with E-state index in [9.17, 15) is 8.42 Å². The number of rotatable bonds is 3. The quantitative estimate of drug-likeness (QED) is 0.412. The molecule has 0 heterocycles. The second kappa shape index (κ2) is 6.64. The van der Waals surface area contributed by atoms with Crippen LogP contribution in [0.15, 0.2) is 30.3 Å². The van der Waals surface area contributed by atoms with E-state index < -0.39 is 16.1 Å². The van der Waals surface area contributed by atoms with E-state index in [1.807, 2.05) is 6.07 Å². The lowest BCUT2D eigenvalue weighted by atomic mass is 10.2. The first-order chi connectivity index (χ1) is 7.64. The molecule has 98 valence electrons. The average Bonchev–Trinajstić information content (AvgIpc) is 2.16. The first-order valence-electron chi connectivity index (χ1n) is 4.54. The van der Waals surface area contributed by atoms with Crippen molar-refractivity contribution >= 4 is 10.0 Å². The molecule has 0 saturated carbocycles. The molecule has 1 aromatic carbocycles. The van der Waals surface area contributed by atoms with Crippen molar-refractivity contribution in [2.24, 2.45) is 5.14 Å². The molecule has 0 aliphatic carbocycles. The topological polar surface area (TPSA) is 133 Å². The van der Waals surface area contributed by atoms with Crippen molar-refractivity contribution in [2.75, 3.05) is 7.05 Å². The summed E-state index contributed by atoms with van der Waals surface area (Å²) in [5.41, 5.74) is 0.718. The van der Waals surface area contributed by atoms with Gasteiger partial charge in [0.05, 0.1) is 5.75 Å². The molecule has 0 unspecified atom stereocenters. The lowest BCUT2D eigenvalue weighted by molar-refractivity contribution is -0.328. The van der Waals surface area contributed by atoms with Gasteiger partial charge in [0.1, 0.15) is 0 Å². The second-order valence-corrected chi connectivity index (χ2v) is 4.79. The lowest BCUT2D eigenvalue weighted by Crippen LogP contribution is -2.41. The highest BCUT2D eigenvalue weighted by molar-refractivity contribution is 7.88. The largest absolute Gasteiger partial charge is 0.342 e. The third-order valence-electron chi connectivity index (χ3n) is 1.55. The van der Waals surface area contributed by atoms with E-state index in [2.05, 4.69) is 0 Å². The second-order valence-electron chi connectivity index (χ2n) is 3.18. The van der Waals surface area contributed by atoms with Gasteiger partial charge in [-0.15, -0.1) is 0 Å². The monoisotopic (exact) mass is 264 g/mol. The molecule has 8 heteroatoms. The highest BCUT2D eigenvalue weighted by Crippen LogP contribution is 2.01. The molecule has 1 aromatic rings. The molecular formula is C9H16N2O5S. The van der Waals surface area contributed by atoms with Crippen LogP contribution in [0.1, 0.15) is 5.56 Å². The maximum Gasteiger partial charge on any atom is 0.342 e. The molecule has 6 N–H and O–H groups in total. The number of primary sulfonamides is 1. The number of benzene rings is 1. The number of hydrogen-bond acceptors (Lipinski definition) is 6. The van der Waals surface area contributed by atoms with Crippen LogP contribution in [0.3, 0.4) is 0 Å². The average molecular weight is 264 g/mol. The van der Waals surface area contributed by atoms with Crippen LogP contribution in [-0.2, 0) is 15.8 Å². The zero-order chi connectivity index (χ0) is 13.5. The third kappa shape index (κ3) is 11.2. The fourth-order valence-electron chi connectivity index (χ4n) is 0.807. The smallest absolute Gasteiger partial charge is 0.330 e. The summed E-state index contributed by atoms with van der Waals surface area (Å²) in [6, 6.07) is 8.84. The number of sulfonamides is 1. The molecule has 0 atom stereocenters. The van der Waals surface area contributed by atoms with E-state index in [0.717, 1.165) is 5.56 Å². The van der Waals surface area contributed by atoms with Crippen molar-refractivity contribution < 1.29 is 23.7 Å². The van der Waals surface area contributed by atoms with Crippen LogP contribution >= 0.6 is 0 Å². The Kier molecular flexibility index (Phi) is 6.24. The molecular weight excluding hydrogens is 248 g/mol. The van der Waals surface area contributed by atoms with E-state index in [0.29, 0.717) is 0 Å². The summed E-state index contributed by atoms with van der Waals surface area (Å²) >= 11 is 0. The zero-order valence-corrected chi connectivity index (χ0v) is 10.1. The molecule has 0 saturated heterocycles. The highest BCUT2D eigenvalue weighted by Gasteiger charge is 2.11. The van der Waals surface area contributed by atoms with Gasteiger partial charge in [0.25, 0.3) is 0 Å². The Hall–Kier alpha value is -1.03. The predicted octanol–water partition coefficient (Wildman–Crippen LogP) is -1.73. The summed E-state index contributed by atoms with van der Waals surface area (Å²) in [6.07, 6.45) is -2.71. The Morgan fingerprint density at radius 2 is 1.65 bits per heavy atom. The Morgan fingerprint density at radius 1 is 1.24 bits per heavy atom. The van der Waals surface area contributed by atoms with Crippen LogP contribution in [0.25, 0.3) is 0 Å². The van der Waals surface area contributed by atoms with E-state index in [1.54, 1.807) is 29.6 Å². The van der Waals surface area contributed by atoms with Gasteiger partial charge in [0.2, 0.25) is 10.0 Å². The van der Waals surface area contributed by atoms with Crippen LogP contribution in [0, 0.1) is 0 Å². The van der Waals surface area contributed by atoms with Crippen LogP contribution in [-0.4, -0.2) is 36.9 Å². The number of hydrogen-bond donors (Lipinski definition) is 5. The fourth-order valence-corrected chi connectivity index (χ4v) is 1.46. The van der Waals surface area contributed by atoms with Crippen LogP contribution < -0.4 is 10.5 Å². The Morgan fingerprint density at radius 3 is 1.94 bits per heavy atom. The van der Waals surface area contributed by atoms with Crippen LogP contribution in [0.5, 0.6) is 0 Å². The van der Waals surface area contributed by atoms with Crippen molar-refractivity contribution in [1.82, 2.24) is 5.32 Å². The molecule has 17 heavy (non-hydrogen) atoms. The van der Waals surface area contributed by atoms with Gasteiger partial charge in [0.15, 0.2) is 0 Å². The number of aliphatic hydroxyl groups is 3. The van der Waals surface area contributed by atoms with Gasteiger partial charge in [-0.05, 0) is 12.6 Å². The minimum absolute atomic E-state index is 0.0894. The van der Waals surface area contributed by atoms with Crippen LogP contribution in [0.2, 0.25) is 0 Å². The van der Waals surface area contributed by atoms with Gasteiger partial charge in [0, 0.05) is 0 Å². The molecule has 0 fully saturated rings. The van der Waals surface area contributed by atoms with Crippen LogP contribution in [0.4, 0.5) is 0 Å². The molecule has 0 radical (unpaired) electrons. The first-order valence-corrected chi connectivity index (χ1v) is 6.26. The molecule has 0 spiro atoms. The van der Waals surface area contributed by atoms with Gasteiger partial charge in [-0.2, -0.15) is 0 Å². The van der Waals surface area contributed by atoms with Gasteiger partial charge >= 0.3 is 6.10 Å². The van der Waals surface area contributed by atoms with Gasteiger partial charge in [-0.1, -0.05) is 30.3 Å². The molecule has 0 bridgehead atoms. The molecule has 0 aliphatic rings. The van der Waals surface area contributed by atoms with Crippen molar-refractivity contribution in [1.29, 1.82) is 0 Å². The van der Waals surface area contributed by atoms with Gasteiger partial charge < -0.3 is 15.3 Å². The van der Waals surface area contributed by atoms with Crippen molar-refractivity contribution in [2.45, 2.75) is 11.8 Å². The van der Waals surface area contributed by atoms with Gasteiger partial charge in [-0.25, -0.2) is 18.9 Å².